The van der Waals surface area contributed by atoms with Crippen LogP contribution in [-0.2, 0) is 19.4 Å². The Morgan fingerprint density at radius 2 is 1.72 bits per heavy atom. The molecule has 6 nitrogen and oxygen atoms in total. The van der Waals surface area contributed by atoms with Crippen LogP contribution >= 0.6 is 0 Å². The van der Waals surface area contributed by atoms with Gasteiger partial charge in [0, 0.05) is 26.2 Å². The summed E-state index contributed by atoms with van der Waals surface area (Å²) >= 11 is 0. The molecular formula is C23H30N4O2. The summed E-state index contributed by atoms with van der Waals surface area (Å²) in [5.41, 5.74) is 2.65. The Bertz CT molecular complexity index is 853. The number of imidazole rings is 1. The number of aryl methyl sites for hydroxylation is 1. The van der Waals surface area contributed by atoms with Gasteiger partial charge in [0.2, 0.25) is 0 Å². The fraction of sp³-hybridized carbons (Fsp3) is 0.522. The minimum atomic E-state index is -0.151. The zero-order valence-electron chi connectivity index (χ0n) is 17.0. The number of amides is 2. The molecule has 3 heterocycles. The van der Waals surface area contributed by atoms with Crippen molar-refractivity contribution in [1.82, 2.24) is 19.8 Å². The Morgan fingerprint density at radius 1 is 0.966 bits per heavy atom. The predicted molar refractivity (Wildman–Crippen MR) is 112 cm³/mol. The Balaban J connectivity index is 1.43. The van der Waals surface area contributed by atoms with E-state index >= 15 is 0 Å². The highest BCUT2D eigenvalue weighted by Crippen LogP contribution is 2.23. The fourth-order valence-electron chi connectivity index (χ4n) is 4.35. The van der Waals surface area contributed by atoms with E-state index in [1.807, 2.05) is 27.7 Å². The van der Waals surface area contributed by atoms with Gasteiger partial charge in [-0.25, -0.2) is 4.98 Å². The second kappa shape index (κ2) is 9.25. The summed E-state index contributed by atoms with van der Waals surface area (Å²) in [6.45, 7) is 2.97. The Morgan fingerprint density at radius 3 is 2.52 bits per heavy atom. The van der Waals surface area contributed by atoms with Gasteiger partial charge in [0.25, 0.3) is 11.8 Å². The van der Waals surface area contributed by atoms with E-state index in [9.17, 15) is 9.59 Å². The molecule has 1 aromatic carbocycles. The number of hydrogen-bond acceptors (Lipinski definition) is 3. The molecule has 29 heavy (non-hydrogen) atoms. The number of piperidine rings is 1. The summed E-state index contributed by atoms with van der Waals surface area (Å²) in [6.07, 6.45) is 7.97. The van der Waals surface area contributed by atoms with Gasteiger partial charge in [0.05, 0.1) is 5.69 Å². The predicted octanol–water partition coefficient (Wildman–Crippen LogP) is 3.21. The third kappa shape index (κ3) is 4.52. The number of fused-ring (bicyclic) bond motifs is 1. The van der Waals surface area contributed by atoms with Crippen molar-refractivity contribution in [3.8, 4) is 0 Å². The fourth-order valence-corrected chi connectivity index (χ4v) is 4.35. The maximum atomic E-state index is 13.0. The molecule has 2 amide bonds. The van der Waals surface area contributed by atoms with Gasteiger partial charge in [0.1, 0.15) is 5.69 Å². The van der Waals surface area contributed by atoms with Crippen molar-refractivity contribution in [2.24, 2.45) is 0 Å². The van der Waals surface area contributed by atoms with Crippen LogP contribution in [0.5, 0.6) is 0 Å². The van der Waals surface area contributed by atoms with E-state index in [1.54, 1.807) is 0 Å². The summed E-state index contributed by atoms with van der Waals surface area (Å²) in [7, 11) is 0. The minimum Gasteiger partial charge on any atom is -0.351 e. The van der Waals surface area contributed by atoms with Crippen molar-refractivity contribution < 1.29 is 9.59 Å². The molecule has 154 valence electrons. The van der Waals surface area contributed by atoms with Gasteiger partial charge in [-0.1, -0.05) is 30.3 Å². The van der Waals surface area contributed by atoms with E-state index in [-0.39, 0.29) is 11.8 Å². The van der Waals surface area contributed by atoms with Crippen LogP contribution in [0.1, 0.15) is 70.9 Å². The number of aromatic nitrogens is 2. The highest BCUT2D eigenvalue weighted by atomic mass is 16.2. The van der Waals surface area contributed by atoms with E-state index in [0.717, 1.165) is 70.3 Å². The lowest BCUT2D eigenvalue weighted by Crippen LogP contribution is -2.37. The molecule has 1 saturated heterocycles. The van der Waals surface area contributed by atoms with Gasteiger partial charge in [-0.2, -0.15) is 0 Å². The van der Waals surface area contributed by atoms with Crippen LogP contribution in [-0.4, -0.2) is 45.9 Å². The van der Waals surface area contributed by atoms with Crippen molar-refractivity contribution in [3.63, 3.8) is 0 Å². The standard InChI is InChI=1S/C23H30N4O2/c28-22(24-14-9-12-18-10-3-1-4-11-18)20-19-13-5-8-17-27(19)21(25-20)23(29)26-15-6-2-7-16-26/h1,3-4,10-11H,2,5-9,12-17H2,(H,24,28). The van der Waals surface area contributed by atoms with Crippen molar-refractivity contribution in [3.05, 3.63) is 53.1 Å². The molecule has 6 heteroatoms. The Hall–Kier alpha value is -2.63. The first-order valence-electron chi connectivity index (χ1n) is 10.9. The first-order valence-corrected chi connectivity index (χ1v) is 10.9. The average Bonchev–Trinajstić information content (AvgIpc) is 3.17. The molecule has 0 spiro atoms. The third-order valence-electron chi connectivity index (χ3n) is 5.94. The van der Waals surface area contributed by atoms with E-state index in [4.69, 9.17) is 0 Å². The quantitative estimate of drug-likeness (QED) is 0.765. The molecule has 0 bridgehead atoms. The molecule has 1 fully saturated rings. The lowest BCUT2D eigenvalue weighted by Gasteiger charge is -2.27. The number of nitrogens with zero attached hydrogens (tertiary/aromatic N) is 3. The maximum Gasteiger partial charge on any atom is 0.289 e. The SMILES string of the molecule is O=C(NCCCc1ccccc1)c1nc(C(=O)N2CCCCC2)n2c1CCCC2. The number of hydrogen-bond donors (Lipinski definition) is 1. The zero-order valence-corrected chi connectivity index (χ0v) is 17.0. The summed E-state index contributed by atoms with van der Waals surface area (Å²) in [4.78, 5) is 32.3. The minimum absolute atomic E-state index is 0.0176. The van der Waals surface area contributed by atoms with Crippen molar-refractivity contribution in [2.45, 2.75) is 57.9 Å². The molecule has 4 rings (SSSR count). The van der Waals surface area contributed by atoms with Gasteiger partial charge in [-0.15, -0.1) is 0 Å². The van der Waals surface area contributed by atoms with E-state index in [0.29, 0.717) is 18.1 Å². The second-order valence-electron chi connectivity index (χ2n) is 8.04. The van der Waals surface area contributed by atoms with E-state index < -0.39 is 0 Å². The molecule has 0 saturated carbocycles. The first-order chi connectivity index (χ1) is 14.2. The van der Waals surface area contributed by atoms with Gasteiger partial charge < -0.3 is 14.8 Å². The zero-order chi connectivity index (χ0) is 20.1. The number of carbonyl (C=O) groups is 2. The first kappa shape index (κ1) is 19.7. The number of nitrogens with one attached hydrogen (secondary N) is 1. The normalized spacial score (nSPS) is 16.3. The molecule has 2 aliphatic heterocycles. The molecule has 0 unspecified atom stereocenters. The molecule has 0 aliphatic carbocycles. The Labute approximate surface area is 172 Å². The molecule has 1 N–H and O–H groups in total. The number of benzene rings is 1. The number of carbonyl (C=O) groups excluding carboxylic acids is 2. The summed E-state index contributed by atoms with van der Waals surface area (Å²) in [6, 6.07) is 10.3. The van der Waals surface area contributed by atoms with Gasteiger partial charge in [-0.3, -0.25) is 9.59 Å². The van der Waals surface area contributed by atoms with Crippen LogP contribution in [0.3, 0.4) is 0 Å². The smallest absolute Gasteiger partial charge is 0.289 e. The highest BCUT2D eigenvalue weighted by molar-refractivity contribution is 5.97. The van der Waals surface area contributed by atoms with Crippen molar-refractivity contribution >= 4 is 11.8 Å². The molecule has 0 atom stereocenters. The van der Waals surface area contributed by atoms with Crippen molar-refractivity contribution in [1.29, 1.82) is 0 Å². The van der Waals surface area contributed by atoms with Gasteiger partial charge >= 0.3 is 0 Å². The van der Waals surface area contributed by atoms with Crippen LogP contribution in [0.15, 0.2) is 30.3 Å². The largest absolute Gasteiger partial charge is 0.351 e. The van der Waals surface area contributed by atoms with Crippen molar-refractivity contribution in [2.75, 3.05) is 19.6 Å². The van der Waals surface area contributed by atoms with E-state index in [1.165, 1.54) is 12.0 Å². The van der Waals surface area contributed by atoms with Gasteiger partial charge in [0.15, 0.2) is 5.82 Å². The molecule has 0 radical (unpaired) electrons. The monoisotopic (exact) mass is 394 g/mol. The molecule has 2 aliphatic rings. The second-order valence-corrected chi connectivity index (χ2v) is 8.04. The summed E-state index contributed by atoms with van der Waals surface area (Å²) in [5, 5.41) is 3.01. The number of rotatable bonds is 6. The summed E-state index contributed by atoms with van der Waals surface area (Å²) in [5.74, 6) is 0.286. The topological polar surface area (TPSA) is 67.2 Å². The maximum absolute atomic E-state index is 13.0. The van der Waals surface area contributed by atoms with Crippen LogP contribution in [0.25, 0.3) is 0 Å². The van der Waals surface area contributed by atoms with Crippen LogP contribution in [0, 0.1) is 0 Å². The lowest BCUT2D eigenvalue weighted by atomic mass is 10.1. The lowest BCUT2D eigenvalue weighted by molar-refractivity contribution is 0.0705. The molecule has 2 aromatic rings. The molecule has 1 aromatic heterocycles. The third-order valence-corrected chi connectivity index (χ3v) is 5.94. The molecular weight excluding hydrogens is 364 g/mol. The highest BCUT2D eigenvalue weighted by Gasteiger charge is 2.30. The Kier molecular flexibility index (Phi) is 6.27. The van der Waals surface area contributed by atoms with Crippen LogP contribution in [0.2, 0.25) is 0 Å². The average molecular weight is 395 g/mol. The van der Waals surface area contributed by atoms with Crippen LogP contribution < -0.4 is 5.32 Å². The van der Waals surface area contributed by atoms with Gasteiger partial charge in [-0.05, 0) is 56.9 Å². The van der Waals surface area contributed by atoms with Crippen LogP contribution in [0.4, 0.5) is 0 Å². The number of likely N-dealkylation sites (tertiary alicyclic amines) is 1. The summed E-state index contributed by atoms with van der Waals surface area (Å²) < 4.78 is 2.00. The van der Waals surface area contributed by atoms with E-state index in [2.05, 4.69) is 22.4 Å².